The quantitative estimate of drug-likeness (QED) is 0.836. The topological polar surface area (TPSA) is 66.6 Å². The van der Waals surface area contributed by atoms with Gasteiger partial charge >= 0.3 is 0 Å². The molecule has 0 aliphatic heterocycles. The van der Waals surface area contributed by atoms with Crippen LogP contribution in [0.25, 0.3) is 0 Å². The lowest BCUT2D eigenvalue weighted by Crippen LogP contribution is -2.45. The third kappa shape index (κ3) is 3.74. The third-order valence-electron chi connectivity index (χ3n) is 3.27. The minimum atomic E-state index is -0.447. The summed E-state index contributed by atoms with van der Waals surface area (Å²) in [5.74, 6) is 0.362. The Morgan fingerprint density at radius 3 is 2.44 bits per heavy atom. The van der Waals surface area contributed by atoms with Crippen molar-refractivity contribution >= 4 is 5.91 Å². The second-order valence-corrected chi connectivity index (χ2v) is 4.77. The second-order valence-electron chi connectivity index (χ2n) is 4.77. The van der Waals surface area contributed by atoms with Gasteiger partial charge in [0.05, 0.1) is 6.04 Å². The molecule has 0 aromatic heterocycles. The summed E-state index contributed by atoms with van der Waals surface area (Å²) < 4.78 is 0. The standard InChI is InChI=1S/C14H22N2O2/c1-4-10(2)13(15)14(18)16(3)9-11-5-7-12(17)8-6-11/h5-8,10,13,17H,4,9,15H2,1-3H3/t10-,13-/m0/s1. The number of nitrogens with two attached hydrogens (primary N) is 1. The van der Waals surface area contributed by atoms with Crippen LogP contribution in [0.5, 0.6) is 5.75 Å². The van der Waals surface area contributed by atoms with Gasteiger partial charge in [0.25, 0.3) is 0 Å². The molecule has 0 saturated carbocycles. The SMILES string of the molecule is CC[C@H](C)[C@H](N)C(=O)N(C)Cc1ccc(O)cc1. The van der Waals surface area contributed by atoms with Crippen molar-refractivity contribution in [3.63, 3.8) is 0 Å². The monoisotopic (exact) mass is 250 g/mol. The van der Waals surface area contributed by atoms with Crippen LogP contribution in [-0.4, -0.2) is 29.0 Å². The Hall–Kier alpha value is -1.55. The molecule has 0 saturated heterocycles. The predicted molar refractivity (Wildman–Crippen MR) is 72.0 cm³/mol. The van der Waals surface area contributed by atoms with Gasteiger partial charge in [-0.05, 0) is 23.6 Å². The van der Waals surface area contributed by atoms with E-state index in [1.807, 2.05) is 13.8 Å². The molecule has 0 fully saturated rings. The maximum Gasteiger partial charge on any atom is 0.239 e. The van der Waals surface area contributed by atoms with Gasteiger partial charge in [0.15, 0.2) is 0 Å². The van der Waals surface area contributed by atoms with Crippen molar-refractivity contribution in [3.8, 4) is 5.75 Å². The molecule has 3 N–H and O–H groups in total. The molecule has 0 heterocycles. The number of amides is 1. The number of carbonyl (C=O) groups is 1. The van der Waals surface area contributed by atoms with Crippen molar-refractivity contribution in [2.24, 2.45) is 11.7 Å². The number of phenols is 1. The summed E-state index contributed by atoms with van der Waals surface area (Å²) in [5.41, 5.74) is 6.89. The lowest BCUT2D eigenvalue weighted by atomic mass is 9.99. The fraction of sp³-hybridized carbons (Fsp3) is 0.500. The highest BCUT2D eigenvalue weighted by Gasteiger charge is 2.22. The predicted octanol–water partition coefficient (Wildman–Crippen LogP) is 1.72. The van der Waals surface area contributed by atoms with E-state index < -0.39 is 6.04 Å². The zero-order chi connectivity index (χ0) is 13.7. The Labute approximate surface area is 108 Å². The molecule has 1 aromatic carbocycles. The van der Waals surface area contributed by atoms with Crippen LogP contribution in [0.15, 0.2) is 24.3 Å². The van der Waals surface area contributed by atoms with Gasteiger partial charge in [0.2, 0.25) is 5.91 Å². The zero-order valence-corrected chi connectivity index (χ0v) is 11.3. The van der Waals surface area contributed by atoms with E-state index >= 15 is 0 Å². The summed E-state index contributed by atoms with van der Waals surface area (Å²) in [7, 11) is 1.75. The van der Waals surface area contributed by atoms with Crippen LogP contribution < -0.4 is 5.73 Å². The molecule has 1 amide bonds. The summed E-state index contributed by atoms with van der Waals surface area (Å²) in [6, 6.07) is 6.38. The highest BCUT2D eigenvalue weighted by Crippen LogP contribution is 2.13. The van der Waals surface area contributed by atoms with E-state index in [-0.39, 0.29) is 17.6 Å². The first-order valence-electron chi connectivity index (χ1n) is 6.24. The van der Waals surface area contributed by atoms with E-state index in [4.69, 9.17) is 5.73 Å². The van der Waals surface area contributed by atoms with Crippen LogP contribution in [0.4, 0.5) is 0 Å². The molecule has 0 spiro atoms. The molecule has 2 atom stereocenters. The fourth-order valence-electron chi connectivity index (χ4n) is 1.70. The van der Waals surface area contributed by atoms with Gasteiger partial charge in [-0.2, -0.15) is 0 Å². The summed E-state index contributed by atoms with van der Waals surface area (Å²) in [4.78, 5) is 13.7. The minimum Gasteiger partial charge on any atom is -0.508 e. The number of phenolic OH excluding ortho intramolecular Hbond substituents is 1. The highest BCUT2D eigenvalue weighted by atomic mass is 16.3. The van der Waals surface area contributed by atoms with E-state index in [2.05, 4.69) is 0 Å². The number of benzene rings is 1. The maximum atomic E-state index is 12.1. The molecular weight excluding hydrogens is 228 g/mol. The summed E-state index contributed by atoms with van der Waals surface area (Å²) in [6.45, 7) is 4.51. The molecule has 1 rings (SSSR count). The third-order valence-corrected chi connectivity index (χ3v) is 3.27. The number of likely N-dealkylation sites (N-methyl/N-ethyl adjacent to an activating group) is 1. The minimum absolute atomic E-state index is 0.0441. The van der Waals surface area contributed by atoms with Crippen molar-refractivity contribution in [3.05, 3.63) is 29.8 Å². The number of nitrogens with zero attached hydrogens (tertiary/aromatic N) is 1. The molecule has 0 aliphatic carbocycles. The Morgan fingerprint density at radius 2 is 1.94 bits per heavy atom. The fourth-order valence-corrected chi connectivity index (χ4v) is 1.70. The number of hydrogen-bond acceptors (Lipinski definition) is 3. The van der Waals surface area contributed by atoms with E-state index in [0.29, 0.717) is 6.54 Å². The van der Waals surface area contributed by atoms with Crippen molar-refractivity contribution in [2.75, 3.05) is 7.05 Å². The molecule has 4 nitrogen and oxygen atoms in total. The van der Waals surface area contributed by atoms with Gasteiger partial charge in [0, 0.05) is 13.6 Å². The van der Waals surface area contributed by atoms with Crippen molar-refractivity contribution in [1.82, 2.24) is 4.90 Å². The first-order chi connectivity index (χ1) is 8.45. The Balaban J connectivity index is 2.62. The van der Waals surface area contributed by atoms with Gasteiger partial charge in [-0.3, -0.25) is 4.79 Å². The average Bonchev–Trinajstić information content (AvgIpc) is 2.38. The molecular formula is C14H22N2O2. The summed E-state index contributed by atoms with van der Waals surface area (Å²) in [5, 5.41) is 9.19. The van der Waals surface area contributed by atoms with Crippen molar-refractivity contribution in [1.29, 1.82) is 0 Å². The van der Waals surface area contributed by atoms with Crippen LogP contribution in [0.1, 0.15) is 25.8 Å². The van der Waals surface area contributed by atoms with E-state index in [9.17, 15) is 9.90 Å². The normalized spacial score (nSPS) is 14.0. The number of aromatic hydroxyl groups is 1. The van der Waals surface area contributed by atoms with Crippen LogP contribution in [0.2, 0.25) is 0 Å². The Morgan fingerprint density at radius 1 is 1.39 bits per heavy atom. The van der Waals surface area contributed by atoms with Gasteiger partial charge in [-0.25, -0.2) is 0 Å². The highest BCUT2D eigenvalue weighted by molar-refractivity contribution is 5.81. The van der Waals surface area contributed by atoms with Crippen molar-refractivity contribution in [2.45, 2.75) is 32.9 Å². The maximum absolute atomic E-state index is 12.1. The Kier molecular flexibility index (Phi) is 5.16. The molecule has 0 bridgehead atoms. The molecule has 100 valence electrons. The van der Waals surface area contributed by atoms with Crippen LogP contribution in [0, 0.1) is 5.92 Å². The zero-order valence-electron chi connectivity index (χ0n) is 11.3. The van der Waals surface area contributed by atoms with Crippen LogP contribution in [-0.2, 0) is 11.3 Å². The van der Waals surface area contributed by atoms with Crippen LogP contribution >= 0.6 is 0 Å². The summed E-state index contributed by atoms with van der Waals surface area (Å²) >= 11 is 0. The van der Waals surface area contributed by atoms with Crippen LogP contribution in [0.3, 0.4) is 0 Å². The molecule has 0 radical (unpaired) electrons. The summed E-state index contributed by atoms with van der Waals surface area (Å²) in [6.07, 6.45) is 0.889. The van der Waals surface area contributed by atoms with Gasteiger partial charge in [-0.15, -0.1) is 0 Å². The molecule has 4 heteroatoms. The van der Waals surface area contributed by atoms with Gasteiger partial charge in [0.1, 0.15) is 5.75 Å². The molecule has 1 aromatic rings. The number of hydrogen-bond donors (Lipinski definition) is 2. The first kappa shape index (κ1) is 14.5. The second kappa shape index (κ2) is 6.40. The smallest absolute Gasteiger partial charge is 0.239 e. The Bertz CT molecular complexity index is 389. The molecule has 18 heavy (non-hydrogen) atoms. The van der Waals surface area contributed by atoms with Gasteiger partial charge < -0.3 is 15.7 Å². The lowest BCUT2D eigenvalue weighted by Gasteiger charge is -2.24. The molecule has 0 aliphatic rings. The van der Waals surface area contributed by atoms with E-state index in [0.717, 1.165) is 12.0 Å². The first-order valence-corrected chi connectivity index (χ1v) is 6.24. The largest absolute Gasteiger partial charge is 0.508 e. The number of carbonyl (C=O) groups excluding carboxylic acids is 1. The van der Waals surface area contributed by atoms with Gasteiger partial charge in [-0.1, -0.05) is 32.4 Å². The molecule has 0 unspecified atom stereocenters. The van der Waals surface area contributed by atoms with Crippen molar-refractivity contribution < 1.29 is 9.90 Å². The average molecular weight is 250 g/mol. The van der Waals surface area contributed by atoms with E-state index in [1.165, 1.54) is 0 Å². The number of rotatable bonds is 5. The lowest BCUT2D eigenvalue weighted by molar-refractivity contribution is -0.132. The van der Waals surface area contributed by atoms with E-state index in [1.54, 1.807) is 36.2 Å².